The molecule has 0 radical (unpaired) electrons. The molecule has 0 amide bonds. The highest BCUT2D eigenvalue weighted by atomic mass is 15.1. The Hall–Kier alpha value is -1.02. The zero-order chi connectivity index (χ0) is 11.1. The molecule has 2 heteroatoms. The van der Waals surface area contributed by atoms with E-state index in [1.54, 1.807) is 0 Å². The third-order valence-corrected chi connectivity index (χ3v) is 3.20. The monoisotopic (exact) mass is 204 g/mol. The molecule has 0 heterocycles. The average Bonchev–Trinajstić information content (AvgIpc) is 2.87. The number of benzene rings is 1. The molecular weight excluding hydrogens is 184 g/mol. The van der Waals surface area contributed by atoms with Gasteiger partial charge < -0.3 is 10.6 Å². The Kier molecular flexibility index (Phi) is 2.47. The van der Waals surface area contributed by atoms with Gasteiger partial charge in [0.2, 0.25) is 0 Å². The molecule has 82 valence electrons. The van der Waals surface area contributed by atoms with Crippen LogP contribution in [0, 0.1) is 6.92 Å². The van der Waals surface area contributed by atoms with Crippen molar-refractivity contribution in [2.75, 3.05) is 19.0 Å². The summed E-state index contributed by atoms with van der Waals surface area (Å²) in [4.78, 5) is 2.16. The lowest BCUT2D eigenvalue weighted by Crippen LogP contribution is -2.24. The summed E-state index contributed by atoms with van der Waals surface area (Å²) in [6.07, 6.45) is 3.38. The van der Waals surface area contributed by atoms with E-state index in [0.717, 1.165) is 6.42 Å². The van der Waals surface area contributed by atoms with Crippen LogP contribution in [0.1, 0.15) is 24.0 Å². The molecule has 1 aliphatic carbocycles. The van der Waals surface area contributed by atoms with Crippen molar-refractivity contribution in [3.8, 4) is 0 Å². The van der Waals surface area contributed by atoms with Gasteiger partial charge in [-0.3, -0.25) is 0 Å². The summed E-state index contributed by atoms with van der Waals surface area (Å²) in [7, 11) is 4.17. The Bertz CT molecular complexity index is 365. The zero-order valence-corrected chi connectivity index (χ0v) is 9.88. The summed E-state index contributed by atoms with van der Waals surface area (Å²) in [5.74, 6) is 0. The van der Waals surface area contributed by atoms with Crippen LogP contribution < -0.4 is 10.6 Å². The first-order valence-corrected chi connectivity index (χ1v) is 5.56. The molecule has 1 aliphatic rings. The van der Waals surface area contributed by atoms with Crippen molar-refractivity contribution in [2.45, 2.75) is 31.7 Å². The number of aryl methyl sites for hydroxylation is 1. The van der Waals surface area contributed by atoms with Gasteiger partial charge in [0.1, 0.15) is 0 Å². The summed E-state index contributed by atoms with van der Waals surface area (Å²) >= 11 is 0. The maximum atomic E-state index is 6.13. The summed E-state index contributed by atoms with van der Waals surface area (Å²) < 4.78 is 0. The third-order valence-electron chi connectivity index (χ3n) is 3.20. The van der Waals surface area contributed by atoms with Crippen molar-refractivity contribution < 1.29 is 0 Å². The molecule has 0 spiro atoms. The zero-order valence-electron chi connectivity index (χ0n) is 9.88. The Labute approximate surface area is 92.1 Å². The first-order valence-electron chi connectivity index (χ1n) is 5.56. The van der Waals surface area contributed by atoms with E-state index in [4.69, 9.17) is 5.73 Å². The minimum absolute atomic E-state index is 0.110. The summed E-state index contributed by atoms with van der Waals surface area (Å²) in [6, 6.07) is 6.66. The van der Waals surface area contributed by atoms with Crippen LogP contribution in [0.2, 0.25) is 0 Å². The van der Waals surface area contributed by atoms with Gasteiger partial charge in [-0.15, -0.1) is 0 Å². The molecule has 2 rings (SSSR count). The fraction of sp³-hybridized carbons (Fsp3) is 0.538. The van der Waals surface area contributed by atoms with E-state index in [9.17, 15) is 0 Å². The first kappa shape index (κ1) is 10.5. The van der Waals surface area contributed by atoms with Gasteiger partial charge in [0.05, 0.1) is 0 Å². The van der Waals surface area contributed by atoms with Crippen LogP contribution in [0.25, 0.3) is 0 Å². The third kappa shape index (κ3) is 2.32. The Morgan fingerprint density at radius 2 is 2.00 bits per heavy atom. The van der Waals surface area contributed by atoms with Gasteiger partial charge in [-0.2, -0.15) is 0 Å². The maximum absolute atomic E-state index is 6.13. The van der Waals surface area contributed by atoms with E-state index in [-0.39, 0.29) is 5.54 Å². The number of rotatable bonds is 3. The van der Waals surface area contributed by atoms with Gasteiger partial charge in [0.15, 0.2) is 0 Å². The standard InChI is InChI=1S/C13H20N2/c1-10-4-5-11(8-12(10)15(2)3)9-13(14)6-7-13/h4-5,8H,6-7,9,14H2,1-3H3. The van der Waals surface area contributed by atoms with E-state index in [1.165, 1.54) is 29.7 Å². The number of anilines is 1. The summed E-state index contributed by atoms with van der Waals surface area (Å²) in [6.45, 7) is 2.15. The molecule has 0 bridgehead atoms. The van der Waals surface area contributed by atoms with Crippen LogP contribution in [-0.4, -0.2) is 19.6 Å². The van der Waals surface area contributed by atoms with Crippen molar-refractivity contribution in [2.24, 2.45) is 5.73 Å². The Morgan fingerprint density at radius 1 is 1.33 bits per heavy atom. The number of nitrogens with zero attached hydrogens (tertiary/aromatic N) is 1. The lowest BCUT2D eigenvalue weighted by molar-refractivity contribution is 0.672. The molecule has 0 unspecified atom stereocenters. The Balaban J connectivity index is 2.22. The maximum Gasteiger partial charge on any atom is 0.0393 e. The van der Waals surface area contributed by atoms with Gasteiger partial charge in [0.25, 0.3) is 0 Å². The molecule has 15 heavy (non-hydrogen) atoms. The van der Waals surface area contributed by atoms with E-state index >= 15 is 0 Å². The van der Waals surface area contributed by atoms with Crippen LogP contribution in [-0.2, 0) is 6.42 Å². The van der Waals surface area contributed by atoms with Crippen LogP contribution in [0.3, 0.4) is 0 Å². The normalized spacial score (nSPS) is 17.6. The van der Waals surface area contributed by atoms with Gasteiger partial charge in [-0.25, -0.2) is 0 Å². The van der Waals surface area contributed by atoms with E-state index in [0.29, 0.717) is 0 Å². The smallest absolute Gasteiger partial charge is 0.0393 e. The average molecular weight is 204 g/mol. The highest BCUT2D eigenvalue weighted by Crippen LogP contribution is 2.36. The van der Waals surface area contributed by atoms with Gasteiger partial charge >= 0.3 is 0 Å². The van der Waals surface area contributed by atoms with E-state index in [1.807, 2.05) is 0 Å². The molecular formula is C13H20N2. The van der Waals surface area contributed by atoms with Crippen molar-refractivity contribution in [3.63, 3.8) is 0 Å². The van der Waals surface area contributed by atoms with E-state index in [2.05, 4.69) is 44.1 Å². The minimum atomic E-state index is 0.110. The minimum Gasteiger partial charge on any atom is -0.377 e. The quantitative estimate of drug-likeness (QED) is 0.817. The van der Waals surface area contributed by atoms with Crippen molar-refractivity contribution in [1.29, 1.82) is 0 Å². The molecule has 0 atom stereocenters. The van der Waals surface area contributed by atoms with Crippen LogP contribution in [0.4, 0.5) is 5.69 Å². The second kappa shape index (κ2) is 3.53. The fourth-order valence-electron chi connectivity index (χ4n) is 1.99. The number of hydrogen-bond acceptors (Lipinski definition) is 2. The highest BCUT2D eigenvalue weighted by Gasteiger charge is 2.37. The molecule has 0 aliphatic heterocycles. The van der Waals surface area contributed by atoms with Crippen molar-refractivity contribution in [3.05, 3.63) is 29.3 Å². The van der Waals surface area contributed by atoms with Crippen LogP contribution >= 0.6 is 0 Å². The predicted molar refractivity (Wildman–Crippen MR) is 65.4 cm³/mol. The Morgan fingerprint density at radius 3 is 2.53 bits per heavy atom. The van der Waals surface area contributed by atoms with Gasteiger partial charge in [0, 0.05) is 25.3 Å². The second-order valence-electron chi connectivity index (χ2n) is 5.05. The lowest BCUT2D eigenvalue weighted by Gasteiger charge is -2.18. The predicted octanol–water partition coefficient (Wildman–Crippen LogP) is 2.09. The first-order chi connectivity index (χ1) is 7.00. The molecule has 1 fully saturated rings. The van der Waals surface area contributed by atoms with Gasteiger partial charge in [-0.1, -0.05) is 12.1 Å². The molecule has 2 N–H and O–H groups in total. The highest BCUT2D eigenvalue weighted by molar-refractivity contribution is 5.54. The molecule has 1 saturated carbocycles. The molecule has 0 saturated heterocycles. The largest absolute Gasteiger partial charge is 0.377 e. The van der Waals surface area contributed by atoms with Crippen molar-refractivity contribution in [1.82, 2.24) is 0 Å². The second-order valence-corrected chi connectivity index (χ2v) is 5.05. The van der Waals surface area contributed by atoms with Crippen LogP contribution in [0.5, 0.6) is 0 Å². The van der Waals surface area contributed by atoms with Crippen LogP contribution in [0.15, 0.2) is 18.2 Å². The SMILES string of the molecule is Cc1ccc(CC2(N)CC2)cc1N(C)C. The number of nitrogens with two attached hydrogens (primary N) is 1. The molecule has 1 aromatic rings. The molecule has 2 nitrogen and oxygen atoms in total. The molecule has 1 aromatic carbocycles. The van der Waals surface area contributed by atoms with Gasteiger partial charge in [-0.05, 0) is 43.4 Å². The molecule has 0 aromatic heterocycles. The van der Waals surface area contributed by atoms with Crippen molar-refractivity contribution >= 4 is 5.69 Å². The lowest BCUT2D eigenvalue weighted by atomic mass is 10.0. The summed E-state index contributed by atoms with van der Waals surface area (Å²) in [5, 5.41) is 0. The number of hydrogen-bond donors (Lipinski definition) is 1. The topological polar surface area (TPSA) is 29.3 Å². The summed E-state index contributed by atoms with van der Waals surface area (Å²) in [5.41, 5.74) is 10.2. The van der Waals surface area contributed by atoms with E-state index < -0.39 is 0 Å². The fourth-order valence-corrected chi connectivity index (χ4v) is 1.99.